The number of esters is 1. The van der Waals surface area contributed by atoms with E-state index in [1.165, 1.54) is 12.8 Å². The maximum Gasteiger partial charge on any atom is 0.303 e. The summed E-state index contributed by atoms with van der Waals surface area (Å²) in [6.45, 7) is 9.34. The number of carbonyl (C=O) groups is 2. The lowest BCUT2D eigenvalue weighted by atomic mass is 9.54. The Bertz CT molecular complexity index is 1480. The van der Waals surface area contributed by atoms with Gasteiger partial charge in [0, 0.05) is 43.6 Å². The fraction of sp³-hybridized carbons (Fsp3) is 0.514. The molecule has 1 saturated heterocycles. The van der Waals surface area contributed by atoms with Crippen LogP contribution in [-0.2, 0) is 14.9 Å². The van der Waals surface area contributed by atoms with Crippen LogP contribution in [0.15, 0.2) is 66.7 Å². The zero-order valence-corrected chi connectivity index (χ0v) is 26.2. The molecule has 43 heavy (non-hydrogen) atoms. The van der Waals surface area contributed by atoms with Crippen molar-refractivity contribution in [1.82, 2.24) is 9.80 Å². The lowest BCUT2D eigenvalue weighted by Gasteiger charge is -2.60. The van der Waals surface area contributed by atoms with E-state index in [9.17, 15) is 9.59 Å². The van der Waals surface area contributed by atoms with Crippen LogP contribution < -0.4 is 4.74 Å². The van der Waals surface area contributed by atoms with Crippen LogP contribution in [0.3, 0.4) is 0 Å². The number of fused-ring (bicyclic) bond motifs is 2. The second-order valence-corrected chi connectivity index (χ2v) is 13.6. The van der Waals surface area contributed by atoms with Crippen LogP contribution in [0.4, 0.5) is 0 Å². The minimum absolute atomic E-state index is 0.0197. The number of nitrogens with zero attached hydrogens (tertiary/aromatic N) is 2. The van der Waals surface area contributed by atoms with Crippen LogP contribution in [-0.4, -0.2) is 66.6 Å². The van der Waals surface area contributed by atoms with E-state index in [0.29, 0.717) is 12.5 Å². The van der Waals surface area contributed by atoms with Gasteiger partial charge in [0.1, 0.15) is 11.4 Å². The Hall–Kier alpha value is -3.38. The van der Waals surface area contributed by atoms with Gasteiger partial charge in [-0.15, -0.1) is 0 Å². The molecule has 2 saturated carbocycles. The summed E-state index contributed by atoms with van der Waals surface area (Å²) in [5, 5.41) is 2.21. The highest BCUT2D eigenvalue weighted by Crippen LogP contribution is 2.55. The third-order valence-corrected chi connectivity index (χ3v) is 10.1. The Labute approximate surface area is 256 Å². The molecular formula is C37H46N2O4. The van der Waals surface area contributed by atoms with Crippen molar-refractivity contribution in [2.24, 2.45) is 11.8 Å². The van der Waals surface area contributed by atoms with E-state index in [1.807, 2.05) is 36.4 Å². The quantitative estimate of drug-likeness (QED) is 0.258. The summed E-state index contributed by atoms with van der Waals surface area (Å²) in [6.07, 6.45) is 5.72. The number of ether oxygens (including phenoxy) is 2. The molecule has 1 aliphatic heterocycles. The van der Waals surface area contributed by atoms with E-state index in [-0.39, 0.29) is 17.9 Å². The monoisotopic (exact) mass is 582 g/mol. The minimum atomic E-state index is -0.662. The molecule has 228 valence electrons. The Balaban J connectivity index is 1.40. The van der Waals surface area contributed by atoms with Gasteiger partial charge in [0.25, 0.3) is 5.91 Å². The number of benzene rings is 3. The summed E-state index contributed by atoms with van der Waals surface area (Å²) in [5.41, 5.74) is 0.775. The molecule has 3 aliphatic rings. The van der Waals surface area contributed by atoms with Crippen molar-refractivity contribution in [3.63, 3.8) is 0 Å². The van der Waals surface area contributed by atoms with Gasteiger partial charge in [0.05, 0.1) is 7.11 Å². The van der Waals surface area contributed by atoms with Gasteiger partial charge in [-0.3, -0.25) is 14.5 Å². The average Bonchev–Trinajstić information content (AvgIpc) is 3.82. The molecule has 3 aromatic rings. The lowest BCUT2D eigenvalue weighted by Crippen LogP contribution is -2.69. The van der Waals surface area contributed by atoms with Crippen LogP contribution in [0.5, 0.6) is 5.75 Å². The maximum atomic E-state index is 14.4. The van der Waals surface area contributed by atoms with E-state index >= 15 is 0 Å². The molecule has 0 aromatic heterocycles. The van der Waals surface area contributed by atoms with E-state index < -0.39 is 11.0 Å². The van der Waals surface area contributed by atoms with Gasteiger partial charge in [-0.2, -0.15) is 0 Å². The highest BCUT2D eigenvalue weighted by Gasteiger charge is 2.61. The third-order valence-electron chi connectivity index (χ3n) is 10.1. The van der Waals surface area contributed by atoms with Crippen molar-refractivity contribution < 1.29 is 19.1 Å². The Morgan fingerprint density at radius 2 is 1.77 bits per heavy atom. The molecule has 6 heteroatoms. The molecule has 3 fully saturated rings. The average molecular weight is 583 g/mol. The number of carbonyl (C=O) groups excluding carboxylic acids is 2. The fourth-order valence-corrected chi connectivity index (χ4v) is 7.95. The highest BCUT2D eigenvalue weighted by atomic mass is 16.6. The van der Waals surface area contributed by atoms with Crippen molar-refractivity contribution in [1.29, 1.82) is 0 Å². The van der Waals surface area contributed by atoms with Gasteiger partial charge in [-0.1, -0.05) is 56.3 Å². The summed E-state index contributed by atoms with van der Waals surface area (Å²) in [7, 11) is 1.70. The zero-order chi connectivity index (χ0) is 30.2. The number of hydrogen-bond acceptors (Lipinski definition) is 5. The minimum Gasteiger partial charge on any atom is -0.497 e. The predicted octanol–water partition coefficient (Wildman–Crippen LogP) is 6.85. The van der Waals surface area contributed by atoms with Crippen molar-refractivity contribution in [2.75, 3.05) is 33.3 Å². The Morgan fingerprint density at radius 1 is 0.977 bits per heavy atom. The van der Waals surface area contributed by atoms with Gasteiger partial charge in [-0.05, 0) is 97.5 Å². The van der Waals surface area contributed by atoms with Crippen LogP contribution in [0.1, 0.15) is 75.2 Å². The summed E-state index contributed by atoms with van der Waals surface area (Å²) >= 11 is 0. The van der Waals surface area contributed by atoms with Gasteiger partial charge < -0.3 is 14.4 Å². The molecule has 3 unspecified atom stereocenters. The van der Waals surface area contributed by atoms with Crippen LogP contribution in [0.25, 0.3) is 10.8 Å². The lowest BCUT2D eigenvalue weighted by molar-refractivity contribution is -0.189. The van der Waals surface area contributed by atoms with Crippen LogP contribution in [0, 0.1) is 11.8 Å². The summed E-state index contributed by atoms with van der Waals surface area (Å²) in [4.78, 5) is 31.9. The predicted molar refractivity (Wildman–Crippen MR) is 170 cm³/mol. The number of likely N-dealkylation sites (tertiary alicyclic amines) is 1. The molecule has 3 atom stereocenters. The molecule has 1 amide bonds. The van der Waals surface area contributed by atoms with E-state index in [0.717, 1.165) is 78.9 Å². The standard InChI is InChI=1S/C37H46N2O4/c1-26(2)23-39(35(41)31-15-14-29-8-5-6-9-30(29)20-31)33-16-17-37(43-27(3)40)25-38(24-28-12-13-28)19-18-36(37,22-33)32-10-7-11-34(21-32)42-4/h5-11,14-15,20-21,26,28,33H,12-13,16-19,22-25H2,1-4H3. The van der Waals surface area contributed by atoms with Crippen molar-refractivity contribution >= 4 is 22.6 Å². The largest absolute Gasteiger partial charge is 0.497 e. The molecule has 6 rings (SSSR count). The first-order chi connectivity index (χ1) is 20.7. The topological polar surface area (TPSA) is 59.1 Å². The van der Waals surface area contributed by atoms with E-state index in [4.69, 9.17) is 9.47 Å². The van der Waals surface area contributed by atoms with Gasteiger partial charge in [-0.25, -0.2) is 0 Å². The third kappa shape index (κ3) is 5.91. The molecule has 2 aliphatic carbocycles. The molecule has 0 radical (unpaired) electrons. The molecular weight excluding hydrogens is 536 g/mol. The first-order valence-corrected chi connectivity index (χ1v) is 16.1. The normalized spacial score (nSPS) is 25.7. The summed E-state index contributed by atoms with van der Waals surface area (Å²) in [5.74, 6) is 1.73. The van der Waals surface area contributed by atoms with E-state index in [1.54, 1.807) is 14.0 Å². The molecule has 6 nitrogen and oxygen atoms in total. The molecule has 1 heterocycles. The second-order valence-electron chi connectivity index (χ2n) is 13.6. The summed E-state index contributed by atoms with van der Waals surface area (Å²) in [6, 6.07) is 22.6. The van der Waals surface area contributed by atoms with Gasteiger partial charge in [0.15, 0.2) is 0 Å². The maximum absolute atomic E-state index is 14.4. The first kappa shape index (κ1) is 29.7. The number of rotatable bonds is 9. The first-order valence-electron chi connectivity index (χ1n) is 16.1. The smallest absolute Gasteiger partial charge is 0.303 e. The molecule has 0 bridgehead atoms. The number of hydrogen-bond donors (Lipinski definition) is 0. The Kier molecular flexibility index (Phi) is 8.25. The van der Waals surface area contributed by atoms with Crippen LogP contribution >= 0.6 is 0 Å². The van der Waals surface area contributed by atoms with Gasteiger partial charge >= 0.3 is 5.97 Å². The van der Waals surface area contributed by atoms with Gasteiger partial charge in [0.2, 0.25) is 0 Å². The number of amides is 1. The van der Waals surface area contributed by atoms with Crippen LogP contribution in [0.2, 0.25) is 0 Å². The zero-order valence-electron chi connectivity index (χ0n) is 26.2. The molecule has 0 N–H and O–H groups in total. The Morgan fingerprint density at radius 3 is 2.49 bits per heavy atom. The summed E-state index contributed by atoms with van der Waals surface area (Å²) < 4.78 is 12.2. The molecule has 0 spiro atoms. The van der Waals surface area contributed by atoms with Crippen molar-refractivity contribution in [3.8, 4) is 5.75 Å². The van der Waals surface area contributed by atoms with Crippen molar-refractivity contribution in [3.05, 3.63) is 77.9 Å². The highest BCUT2D eigenvalue weighted by molar-refractivity contribution is 5.98. The molecule has 3 aromatic carbocycles. The van der Waals surface area contributed by atoms with E-state index in [2.05, 4.69) is 54.0 Å². The SMILES string of the molecule is COc1cccc(C23CCN(CC4CC4)CC2(OC(C)=O)CCC(N(CC(C)C)C(=O)c2ccc4ccccc4c2)C3)c1. The fourth-order valence-electron chi connectivity index (χ4n) is 7.95. The second kappa shape index (κ2) is 12.0. The number of piperidine rings is 1. The number of methoxy groups -OCH3 is 1. The van der Waals surface area contributed by atoms with Crippen molar-refractivity contribution in [2.45, 2.75) is 76.4 Å².